The van der Waals surface area contributed by atoms with E-state index in [0.29, 0.717) is 24.0 Å². The molecule has 114 valence electrons. The summed E-state index contributed by atoms with van der Waals surface area (Å²) in [6, 6.07) is 12.3. The molecular weight excluding hydrogens is 347 g/mol. The lowest BCUT2D eigenvalue weighted by molar-refractivity contribution is -0.124. The number of rotatable bonds is 3. The van der Waals surface area contributed by atoms with Gasteiger partial charge >= 0.3 is 0 Å². The van der Waals surface area contributed by atoms with Crippen molar-refractivity contribution in [3.8, 4) is 0 Å². The van der Waals surface area contributed by atoms with Gasteiger partial charge in [-0.15, -0.1) is 0 Å². The maximum absolute atomic E-state index is 13.2. The fourth-order valence-corrected chi connectivity index (χ4v) is 3.37. The Bertz CT molecular complexity index is 720. The highest BCUT2D eigenvalue weighted by molar-refractivity contribution is 9.10. The van der Waals surface area contributed by atoms with Crippen molar-refractivity contribution < 1.29 is 9.18 Å². The molecule has 1 amide bonds. The van der Waals surface area contributed by atoms with E-state index in [1.807, 2.05) is 23.1 Å². The largest absolute Gasteiger partial charge is 0.368 e. The molecule has 1 atom stereocenters. The first-order valence-corrected chi connectivity index (χ1v) is 7.88. The van der Waals surface area contributed by atoms with Crippen LogP contribution in [0.5, 0.6) is 0 Å². The Morgan fingerprint density at radius 2 is 2.00 bits per heavy atom. The smallest absolute Gasteiger partial charge is 0.235 e. The molecule has 0 bridgehead atoms. The number of fused-ring (bicyclic) bond motifs is 1. The van der Waals surface area contributed by atoms with Crippen molar-refractivity contribution in [2.75, 3.05) is 0 Å². The predicted octanol–water partition coefficient (Wildman–Crippen LogP) is 3.00. The SMILES string of the molecule is NC(=O)[C@H]1Cc2ccccc2CN1Cc1ccc(F)cc1Br. The predicted molar refractivity (Wildman–Crippen MR) is 86.5 cm³/mol. The fourth-order valence-electron chi connectivity index (χ4n) is 2.89. The van der Waals surface area contributed by atoms with Crippen LogP contribution in [0.1, 0.15) is 16.7 Å². The minimum Gasteiger partial charge on any atom is -0.368 e. The number of primary amides is 1. The quantitative estimate of drug-likeness (QED) is 0.912. The van der Waals surface area contributed by atoms with Gasteiger partial charge < -0.3 is 5.73 Å². The lowest BCUT2D eigenvalue weighted by Crippen LogP contribution is -2.48. The molecule has 2 aromatic rings. The monoisotopic (exact) mass is 362 g/mol. The van der Waals surface area contributed by atoms with Gasteiger partial charge in [0, 0.05) is 17.6 Å². The Morgan fingerprint density at radius 3 is 2.68 bits per heavy atom. The molecule has 0 saturated carbocycles. The molecule has 1 aliphatic heterocycles. The number of hydrogen-bond donors (Lipinski definition) is 1. The minimum absolute atomic E-state index is 0.286. The molecule has 0 saturated heterocycles. The summed E-state index contributed by atoms with van der Waals surface area (Å²) in [6.45, 7) is 1.20. The van der Waals surface area contributed by atoms with Gasteiger partial charge in [0.1, 0.15) is 5.82 Å². The van der Waals surface area contributed by atoms with E-state index < -0.39 is 0 Å². The summed E-state index contributed by atoms with van der Waals surface area (Å²) in [6.07, 6.45) is 0.615. The van der Waals surface area contributed by atoms with Crippen LogP contribution in [0.3, 0.4) is 0 Å². The lowest BCUT2D eigenvalue weighted by Gasteiger charge is -2.35. The molecule has 0 spiro atoms. The Kier molecular flexibility index (Phi) is 4.27. The third kappa shape index (κ3) is 3.05. The van der Waals surface area contributed by atoms with Crippen molar-refractivity contribution in [1.29, 1.82) is 0 Å². The molecule has 0 fully saturated rings. The number of halogens is 2. The lowest BCUT2D eigenvalue weighted by atomic mass is 9.93. The molecule has 0 aromatic heterocycles. The van der Waals surface area contributed by atoms with Crippen molar-refractivity contribution >= 4 is 21.8 Å². The summed E-state index contributed by atoms with van der Waals surface area (Å²) in [7, 11) is 0. The van der Waals surface area contributed by atoms with E-state index in [1.54, 1.807) is 6.07 Å². The van der Waals surface area contributed by atoms with Gasteiger partial charge in [0.05, 0.1) is 6.04 Å². The zero-order chi connectivity index (χ0) is 15.7. The third-order valence-electron chi connectivity index (χ3n) is 4.06. The molecule has 1 heterocycles. The highest BCUT2D eigenvalue weighted by Crippen LogP contribution is 2.27. The van der Waals surface area contributed by atoms with Crippen LogP contribution in [0.25, 0.3) is 0 Å². The van der Waals surface area contributed by atoms with E-state index >= 15 is 0 Å². The zero-order valence-electron chi connectivity index (χ0n) is 11.9. The van der Waals surface area contributed by atoms with Gasteiger partial charge in [0.25, 0.3) is 0 Å². The number of nitrogens with two attached hydrogens (primary N) is 1. The summed E-state index contributed by atoms with van der Waals surface area (Å²) in [5, 5.41) is 0. The summed E-state index contributed by atoms with van der Waals surface area (Å²) in [5.41, 5.74) is 8.89. The number of benzene rings is 2. The summed E-state index contributed by atoms with van der Waals surface area (Å²) >= 11 is 3.38. The molecule has 2 aromatic carbocycles. The van der Waals surface area contributed by atoms with Crippen molar-refractivity contribution in [3.05, 3.63) is 69.4 Å². The molecule has 5 heteroatoms. The number of hydrogen-bond acceptors (Lipinski definition) is 2. The van der Waals surface area contributed by atoms with Crippen LogP contribution in [-0.2, 0) is 24.3 Å². The highest BCUT2D eigenvalue weighted by atomic mass is 79.9. The van der Waals surface area contributed by atoms with Gasteiger partial charge in [-0.25, -0.2) is 4.39 Å². The van der Waals surface area contributed by atoms with Crippen LogP contribution in [0, 0.1) is 5.82 Å². The standard InChI is InChI=1S/C17H16BrFN2O/c18-15-8-14(19)6-5-13(15)10-21-9-12-4-2-1-3-11(12)7-16(21)17(20)22/h1-6,8,16H,7,9-10H2,(H2,20,22)/t16-/m1/s1. The van der Waals surface area contributed by atoms with E-state index in [-0.39, 0.29) is 17.8 Å². The van der Waals surface area contributed by atoms with E-state index in [9.17, 15) is 9.18 Å². The second kappa shape index (κ2) is 6.18. The first-order chi connectivity index (χ1) is 10.5. The van der Waals surface area contributed by atoms with Crippen LogP contribution >= 0.6 is 15.9 Å². The van der Waals surface area contributed by atoms with Crippen molar-refractivity contribution in [2.45, 2.75) is 25.6 Å². The van der Waals surface area contributed by atoms with Crippen LogP contribution < -0.4 is 5.73 Å². The van der Waals surface area contributed by atoms with Gasteiger partial charge in [-0.05, 0) is 35.2 Å². The van der Waals surface area contributed by atoms with Crippen LogP contribution in [0.4, 0.5) is 4.39 Å². The van der Waals surface area contributed by atoms with Gasteiger partial charge in [0.2, 0.25) is 5.91 Å². The van der Waals surface area contributed by atoms with Crippen LogP contribution in [0.15, 0.2) is 46.9 Å². The molecule has 22 heavy (non-hydrogen) atoms. The van der Waals surface area contributed by atoms with Gasteiger partial charge in [-0.2, -0.15) is 0 Å². The summed E-state index contributed by atoms with van der Waals surface area (Å²) in [4.78, 5) is 13.9. The van der Waals surface area contributed by atoms with Crippen molar-refractivity contribution in [1.82, 2.24) is 4.90 Å². The van der Waals surface area contributed by atoms with E-state index in [1.165, 1.54) is 23.3 Å². The normalized spacial score (nSPS) is 18.0. The second-order valence-corrected chi connectivity index (χ2v) is 6.39. The average Bonchev–Trinajstić information content (AvgIpc) is 2.49. The number of nitrogens with zero attached hydrogens (tertiary/aromatic N) is 1. The number of amides is 1. The molecule has 0 radical (unpaired) electrons. The second-order valence-electron chi connectivity index (χ2n) is 5.53. The Hall–Kier alpha value is -1.72. The third-order valence-corrected chi connectivity index (χ3v) is 4.80. The number of carbonyl (C=O) groups is 1. The molecule has 1 aliphatic rings. The first kappa shape index (κ1) is 15.2. The molecule has 3 rings (SSSR count). The van der Waals surface area contributed by atoms with E-state index in [4.69, 9.17) is 5.73 Å². The van der Waals surface area contributed by atoms with Crippen LogP contribution in [0.2, 0.25) is 0 Å². The van der Waals surface area contributed by atoms with Crippen LogP contribution in [-0.4, -0.2) is 16.8 Å². The maximum Gasteiger partial charge on any atom is 0.235 e. The Morgan fingerprint density at radius 1 is 1.27 bits per heavy atom. The zero-order valence-corrected chi connectivity index (χ0v) is 13.5. The fraction of sp³-hybridized carbons (Fsp3) is 0.235. The average molecular weight is 363 g/mol. The molecule has 0 unspecified atom stereocenters. The van der Waals surface area contributed by atoms with Gasteiger partial charge in [-0.3, -0.25) is 9.69 Å². The topological polar surface area (TPSA) is 46.3 Å². The molecule has 2 N–H and O–H groups in total. The van der Waals surface area contributed by atoms with E-state index in [0.717, 1.165) is 5.56 Å². The van der Waals surface area contributed by atoms with Crippen molar-refractivity contribution in [3.63, 3.8) is 0 Å². The van der Waals surface area contributed by atoms with Gasteiger partial charge in [0.15, 0.2) is 0 Å². The first-order valence-electron chi connectivity index (χ1n) is 7.08. The molecule has 3 nitrogen and oxygen atoms in total. The Balaban J connectivity index is 1.89. The van der Waals surface area contributed by atoms with Gasteiger partial charge in [-0.1, -0.05) is 46.3 Å². The van der Waals surface area contributed by atoms with E-state index in [2.05, 4.69) is 22.0 Å². The molecular formula is C17H16BrFN2O. The highest BCUT2D eigenvalue weighted by Gasteiger charge is 2.30. The Labute approximate surface area is 137 Å². The molecule has 0 aliphatic carbocycles. The maximum atomic E-state index is 13.2. The minimum atomic E-state index is -0.341. The van der Waals surface area contributed by atoms with Crippen molar-refractivity contribution in [2.24, 2.45) is 5.73 Å². The number of carbonyl (C=O) groups excluding carboxylic acids is 1. The summed E-state index contributed by atoms with van der Waals surface area (Å²) < 4.78 is 13.9. The summed E-state index contributed by atoms with van der Waals surface area (Å²) in [5.74, 6) is -0.612.